The third kappa shape index (κ3) is 10.9. The second-order valence-electron chi connectivity index (χ2n) is 15.8. The fourth-order valence-electron chi connectivity index (χ4n) is 5.38. The first-order chi connectivity index (χ1) is 22.7. The fourth-order valence-corrected chi connectivity index (χ4v) is 6.89. The lowest BCUT2D eigenvalue weighted by Crippen LogP contribution is -2.22. The van der Waals surface area contributed by atoms with E-state index < -0.39 is 16.1 Å². The van der Waals surface area contributed by atoms with Crippen LogP contribution >= 0.6 is 0 Å². The van der Waals surface area contributed by atoms with Crippen LogP contribution in [0.2, 0.25) is 51.4 Å². The predicted molar refractivity (Wildman–Crippen MR) is 209 cm³/mol. The zero-order chi connectivity index (χ0) is 34.9. The van der Waals surface area contributed by atoms with Gasteiger partial charge in [0.05, 0.1) is 0 Å². The highest BCUT2D eigenvalue weighted by molar-refractivity contribution is 6.76. The van der Waals surface area contributed by atoms with Crippen molar-refractivity contribution >= 4 is 16.1 Å². The Hall–Kier alpha value is -3.31. The van der Waals surface area contributed by atoms with E-state index in [1.54, 1.807) is 0 Å². The third-order valence-corrected chi connectivity index (χ3v) is 11.8. The monoisotopic (exact) mass is 682 g/mol. The van der Waals surface area contributed by atoms with Crippen LogP contribution in [0.4, 0.5) is 0 Å². The van der Waals surface area contributed by atoms with Gasteiger partial charge in [-0.15, -0.1) is 0 Å². The molecule has 8 heteroatoms. The first-order valence-electron chi connectivity index (χ1n) is 17.4. The minimum Gasteiger partial charge on any atom is -0.361 e. The topological polar surface area (TPSA) is 54.1 Å². The van der Waals surface area contributed by atoms with E-state index in [1.165, 1.54) is 11.1 Å². The molecule has 4 aromatic rings. The summed E-state index contributed by atoms with van der Waals surface area (Å²) < 4.78 is 17.2. The van der Waals surface area contributed by atoms with Crippen LogP contribution in [-0.4, -0.2) is 48.5 Å². The average Bonchev–Trinajstić information content (AvgIpc) is 3.62. The Bertz CT molecular complexity index is 1570. The first kappa shape index (κ1) is 37.5. The Balaban J connectivity index is 1.78. The normalized spacial score (nSPS) is 12.0. The van der Waals surface area contributed by atoms with Crippen molar-refractivity contribution in [2.45, 2.75) is 105 Å². The van der Waals surface area contributed by atoms with Crippen molar-refractivity contribution in [1.29, 1.82) is 0 Å². The van der Waals surface area contributed by atoms with E-state index in [9.17, 15) is 0 Å². The molecule has 0 atom stereocenters. The van der Waals surface area contributed by atoms with Crippen LogP contribution in [0.25, 0.3) is 33.9 Å². The van der Waals surface area contributed by atoms with Gasteiger partial charge in [-0.25, -0.2) is 9.97 Å². The Morgan fingerprint density at radius 2 is 0.938 bits per heavy atom. The van der Waals surface area contributed by atoms with E-state index in [4.69, 9.17) is 19.4 Å². The number of benzene rings is 2. The van der Waals surface area contributed by atoms with E-state index in [0.29, 0.717) is 13.5 Å². The number of allylic oxidation sites excluding steroid dienone is 4. The highest BCUT2D eigenvalue weighted by atomic mass is 28.3. The summed E-state index contributed by atoms with van der Waals surface area (Å²) in [4.78, 5) is 10.1. The zero-order valence-corrected chi connectivity index (χ0v) is 33.2. The van der Waals surface area contributed by atoms with Gasteiger partial charge in [-0.2, -0.15) is 0 Å². The van der Waals surface area contributed by atoms with Crippen LogP contribution in [0.1, 0.15) is 39.1 Å². The molecule has 0 spiro atoms. The molecule has 0 unspecified atom stereocenters. The van der Waals surface area contributed by atoms with Crippen LogP contribution in [0.3, 0.4) is 0 Å². The summed E-state index contributed by atoms with van der Waals surface area (Å²) in [6.07, 6.45) is 10.2. The summed E-state index contributed by atoms with van der Waals surface area (Å²) >= 11 is 0. The molecule has 2 aromatic heterocycles. The van der Waals surface area contributed by atoms with Crippen molar-refractivity contribution in [3.8, 4) is 33.9 Å². The molecule has 2 heterocycles. The van der Waals surface area contributed by atoms with Gasteiger partial charge in [0.1, 0.15) is 25.1 Å². The maximum atomic E-state index is 6.34. The van der Waals surface area contributed by atoms with Gasteiger partial charge >= 0.3 is 0 Å². The summed E-state index contributed by atoms with van der Waals surface area (Å²) in [5.41, 5.74) is 9.29. The largest absolute Gasteiger partial charge is 0.361 e. The van der Waals surface area contributed by atoms with Gasteiger partial charge in [0.15, 0.2) is 0 Å². The van der Waals surface area contributed by atoms with Gasteiger partial charge in [0.25, 0.3) is 0 Å². The average molecular weight is 683 g/mol. The van der Waals surface area contributed by atoms with Crippen molar-refractivity contribution in [3.05, 3.63) is 95.6 Å². The molecular weight excluding hydrogens is 625 g/mol. The number of imidazole rings is 2. The van der Waals surface area contributed by atoms with Crippen LogP contribution in [0, 0.1) is 0 Å². The van der Waals surface area contributed by atoms with E-state index in [-0.39, 0.29) is 0 Å². The Kier molecular flexibility index (Phi) is 13.2. The minimum atomic E-state index is -1.20. The molecule has 0 amide bonds. The number of nitrogens with zero attached hydrogens (tertiary/aromatic N) is 4. The van der Waals surface area contributed by atoms with E-state index in [2.05, 4.69) is 137 Å². The summed E-state index contributed by atoms with van der Waals surface area (Å²) in [6.45, 7) is 25.4. The second kappa shape index (κ2) is 16.9. The Labute approximate surface area is 292 Å². The maximum Gasteiger partial charge on any atom is 0.142 e. The molecule has 4 rings (SSSR count). The number of hydrogen-bond donors (Lipinski definition) is 0. The molecule has 0 aliphatic heterocycles. The molecule has 6 nitrogen and oxygen atoms in total. The van der Waals surface area contributed by atoms with Crippen molar-refractivity contribution < 1.29 is 9.47 Å². The van der Waals surface area contributed by atoms with E-state index in [0.717, 1.165) is 83.4 Å². The van der Waals surface area contributed by atoms with Crippen LogP contribution < -0.4 is 0 Å². The predicted octanol–water partition coefficient (Wildman–Crippen LogP) is 10.7. The van der Waals surface area contributed by atoms with Gasteiger partial charge in [-0.3, -0.25) is 0 Å². The van der Waals surface area contributed by atoms with E-state index in [1.807, 2.05) is 12.4 Å². The first-order valence-corrected chi connectivity index (χ1v) is 24.8. The van der Waals surface area contributed by atoms with Crippen molar-refractivity contribution in [3.63, 3.8) is 0 Å². The quantitative estimate of drug-likeness (QED) is 0.0632. The number of hydrogen-bond acceptors (Lipinski definition) is 4. The molecule has 0 aliphatic carbocycles. The smallest absolute Gasteiger partial charge is 0.142 e. The zero-order valence-electron chi connectivity index (χ0n) is 31.2. The highest BCUT2D eigenvalue weighted by Crippen LogP contribution is 2.38. The standard InChI is InChI=1S/C40H58N4O2Si2/c1-31(2)19-21-33-27-41-39(43(33)29-45-23-25-47(5,6)7)37-17-13-11-15-35(37)36-16-12-14-18-38(36)40-42-28-34(22-20-32(3)4)44(40)30-46-24-26-48(8,9)10/h11-20,27-28H,21-26,29-30H2,1-10H3. The van der Waals surface area contributed by atoms with Gasteiger partial charge in [-0.1, -0.05) is 111 Å². The second-order valence-corrected chi connectivity index (χ2v) is 27.0. The SMILES string of the molecule is CC(C)=CCc1cnc(-c2ccccc2-c2ccccc2-c2ncc(CC=C(C)C)n2COCC[Si](C)(C)C)n1COCC[Si](C)(C)C. The van der Waals surface area contributed by atoms with E-state index >= 15 is 0 Å². The highest BCUT2D eigenvalue weighted by Gasteiger charge is 2.21. The summed E-state index contributed by atoms with van der Waals surface area (Å²) in [5.74, 6) is 1.85. The van der Waals surface area contributed by atoms with Crippen molar-refractivity contribution in [2.75, 3.05) is 13.2 Å². The molecule has 2 aromatic carbocycles. The minimum absolute atomic E-state index is 0.481. The van der Waals surface area contributed by atoms with Gasteiger partial charge < -0.3 is 18.6 Å². The fraction of sp³-hybridized carbons (Fsp3) is 0.450. The Morgan fingerprint density at radius 3 is 1.27 bits per heavy atom. The molecule has 0 fully saturated rings. The molecular formula is C40H58N4O2Si2. The lowest BCUT2D eigenvalue weighted by atomic mass is 9.94. The molecule has 0 aliphatic rings. The maximum absolute atomic E-state index is 6.34. The van der Waals surface area contributed by atoms with Gasteiger partial charge in [0.2, 0.25) is 0 Å². The van der Waals surface area contributed by atoms with Gasteiger partial charge in [0, 0.05) is 77.1 Å². The number of aromatic nitrogens is 4. The molecule has 258 valence electrons. The number of ether oxygens (including phenoxy) is 2. The molecule has 0 saturated carbocycles. The summed E-state index contributed by atoms with van der Waals surface area (Å²) in [5, 5.41) is 0. The molecule has 0 radical (unpaired) electrons. The van der Waals surface area contributed by atoms with Gasteiger partial charge in [-0.05, 0) is 50.9 Å². The lowest BCUT2D eigenvalue weighted by molar-refractivity contribution is 0.0866. The Morgan fingerprint density at radius 1 is 0.583 bits per heavy atom. The third-order valence-electron chi connectivity index (χ3n) is 8.38. The summed E-state index contributed by atoms with van der Waals surface area (Å²) in [6, 6.07) is 19.5. The van der Waals surface area contributed by atoms with Crippen molar-refractivity contribution in [1.82, 2.24) is 19.1 Å². The molecule has 48 heavy (non-hydrogen) atoms. The molecule has 0 bridgehead atoms. The lowest BCUT2D eigenvalue weighted by Gasteiger charge is -2.19. The summed E-state index contributed by atoms with van der Waals surface area (Å²) in [7, 11) is -2.41. The van der Waals surface area contributed by atoms with Crippen molar-refractivity contribution in [2.24, 2.45) is 0 Å². The van der Waals surface area contributed by atoms with Crippen LogP contribution in [0.5, 0.6) is 0 Å². The molecule has 0 N–H and O–H groups in total. The molecule has 0 saturated heterocycles. The number of rotatable bonds is 17. The van der Waals surface area contributed by atoms with Crippen LogP contribution in [0.15, 0.2) is 84.2 Å². The van der Waals surface area contributed by atoms with Crippen LogP contribution in [-0.2, 0) is 35.8 Å².